The summed E-state index contributed by atoms with van der Waals surface area (Å²) < 4.78 is 17.8. The molecule has 1 rings (SSSR count). The fourth-order valence-electron chi connectivity index (χ4n) is 0.655. The van der Waals surface area contributed by atoms with Crippen molar-refractivity contribution in [1.82, 2.24) is 10.1 Å². The molecule has 0 radical (unpaired) electrons. The Hall–Kier alpha value is 0.0300. The van der Waals surface area contributed by atoms with Gasteiger partial charge in [0.1, 0.15) is 5.02 Å². The van der Waals surface area contributed by atoms with E-state index in [0.717, 1.165) is 6.07 Å². The zero-order chi connectivity index (χ0) is 11.6. The molecule has 15 heavy (non-hydrogen) atoms. The SMILES string of the molecule is CNP(O)(=S)Oc1nc(F)c(Cl)cc1Cl. The molecule has 0 aromatic carbocycles. The fourth-order valence-corrected chi connectivity index (χ4v) is 1.78. The zero-order valence-corrected chi connectivity index (χ0v) is 10.6. The van der Waals surface area contributed by atoms with Gasteiger partial charge in [-0.2, -0.15) is 9.37 Å². The Morgan fingerprint density at radius 2 is 2.20 bits per heavy atom. The van der Waals surface area contributed by atoms with Crippen LogP contribution in [0.15, 0.2) is 6.07 Å². The van der Waals surface area contributed by atoms with Crippen LogP contribution >= 0.6 is 29.8 Å². The molecule has 1 aromatic rings. The lowest BCUT2D eigenvalue weighted by molar-refractivity contribution is 0.451. The minimum Gasteiger partial charge on any atom is -0.413 e. The summed E-state index contributed by atoms with van der Waals surface area (Å²) in [5.74, 6) is -1.24. The first-order chi connectivity index (χ1) is 6.85. The van der Waals surface area contributed by atoms with E-state index in [2.05, 4.69) is 21.9 Å². The van der Waals surface area contributed by atoms with Crippen LogP contribution in [0.1, 0.15) is 0 Å². The Labute approximate surface area is 101 Å². The average Bonchev–Trinajstić information content (AvgIpc) is 2.14. The van der Waals surface area contributed by atoms with Gasteiger partial charge in [0.15, 0.2) is 0 Å². The van der Waals surface area contributed by atoms with Crippen LogP contribution in [0.25, 0.3) is 0 Å². The molecule has 0 fully saturated rings. The van der Waals surface area contributed by atoms with Gasteiger partial charge in [0.05, 0.1) is 5.02 Å². The predicted molar refractivity (Wildman–Crippen MR) is 60.4 cm³/mol. The Balaban J connectivity index is 3.06. The van der Waals surface area contributed by atoms with Gasteiger partial charge in [0.25, 0.3) is 0 Å². The second-order valence-electron chi connectivity index (χ2n) is 2.38. The molecule has 0 aliphatic carbocycles. The molecule has 0 aliphatic heterocycles. The molecule has 0 bridgehead atoms. The zero-order valence-electron chi connectivity index (χ0n) is 7.37. The quantitative estimate of drug-likeness (QED) is 0.661. The van der Waals surface area contributed by atoms with Crippen molar-refractivity contribution in [2.45, 2.75) is 0 Å². The molecule has 0 saturated carbocycles. The molecule has 4 nitrogen and oxygen atoms in total. The van der Waals surface area contributed by atoms with E-state index >= 15 is 0 Å². The molecule has 0 amide bonds. The minimum absolute atomic E-state index is 0.0278. The van der Waals surface area contributed by atoms with E-state index in [9.17, 15) is 9.28 Å². The lowest BCUT2D eigenvalue weighted by Crippen LogP contribution is -2.08. The lowest BCUT2D eigenvalue weighted by Gasteiger charge is -2.15. The van der Waals surface area contributed by atoms with E-state index in [1.54, 1.807) is 0 Å². The predicted octanol–water partition coefficient (Wildman–Crippen LogP) is 2.34. The van der Waals surface area contributed by atoms with Gasteiger partial charge in [-0.05, 0) is 24.9 Å². The van der Waals surface area contributed by atoms with Gasteiger partial charge < -0.3 is 9.42 Å². The number of hydrogen-bond acceptors (Lipinski definition) is 3. The molecule has 0 aliphatic rings. The Morgan fingerprint density at radius 3 is 2.73 bits per heavy atom. The number of nitrogens with one attached hydrogen (secondary N) is 1. The summed E-state index contributed by atoms with van der Waals surface area (Å²) in [6.07, 6.45) is 0. The summed E-state index contributed by atoms with van der Waals surface area (Å²) in [5, 5.41) is 2.10. The summed E-state index contributed by atoms with van der Waals surface area (Å²) >= 11 is 15.7. The van der Waals surface area contributed by atoms with Crippen LogP contribution in [-0.4, -0.2) is 16.9 Å². The van der Waals surface area contributed by atoms with Crippen molar-refractivity contribution < 1.29 is 13.8 Å². The van der Waals surface area contributed by atoms with Gasteiger partial charge in [0.2, 0.25) is 11.8 Å². The van der Waals surface area contributed by atoms with Crippen LogP contribution < -0.4 is 9.61 Å². The first kappa shape index (κ1) is 13.1. The maximum Gasteiger partial charge on any atom is 0.311 e. The molecule has 1 heterocycles. The third-order valence-corrected chi connectivity index (χ3v) is 3.64. The molecule has 84 valence electrons. The molecule has 0 spiro atoms. The standard InChI is InChI=1S/C6H6Cl2FN2O2PS/c1-10-14(12,15)13-6-4(8)2-3(7)5(9)11-6/h2H,1H3,(H2,10,12,15). The number of halogens is 3. The topological polar surface area (TPSA) is 54.4 Å². The summed E-state index contributed by atoms with van der Waals surface area (Å²) in [6, 6.07) is 1.12. The Kier molecular flexibility index (Phi) is 4.29. The molecule has 2 N–H and O–H groups in total. The molecule has 1 atom stereocenters. The number of hydrogen-bond donors (Lipinski definition) is 2. The van der Waals surface area contributed by atoms with Gasteiger partial charge in [0, 0.05) is 0 Å². The normalized spacial score (nSPS) is 14.7. The van der Waals surface area contributed by atoms with E-state index in [4.69, 9.17) is 27.7 Å². The van der Waals surface area contributed by atoms with E-state index in [1.165, 1.54) is 7.05 Å². The number of rotatable bonds is 3. The Bertz CT molecular complexity index is 434. The second-order valence-corrected chi connectivity index (χ2v) is 6.35. The smallest absolute Gasteiger partial charge is 0.311 e. The third kappa shape index (κ3) is 3.52. The minimum atomic E-state index is -3.23. The summed E-state index contributed by atoms with van der Waals surface area (Å²) in [4.78, 5) is 12.7. The van der Waals surface area contributed by atoms with Crippen LogP contribution in [0.5, 0.6) is 5.88 Å². The number of nitrogens with zero attached hydrogens (tertiary/aromatic N) is 1. The summed E-state index contributed by atoms with van der Waals surface area (Å²) in [6.45, 7) is -3.23. The third-order valence-electron chi connectivity index (χ3n) is 1.35. The molecular weight excluding hydrogens is 285 g/mol. The van der Waals surface area contributed by atoms with Crippen molar-refractivity contribution in [2.24, 2.45) is 0 Å². The van der Waals surface area contributed by atoms with Crippen LogP contribution in [0.4, 0.5) is 4.39 Å². The lowest BCUT2D eigenvalue weighted by atomic mass is 10.5. The fraction of sp³-hybridized carbons (Fsp3) is 0.167. The van der Waals surface area contributed by atoms with Crippen LogP contribution in [-0.2, 0) is 11.8 Å². The number of aromatic nitrogens is 1. The molecule has 0 saturated heterocycles. The van der Waals surface area contributed by atoms with Crippen molar-refractivity contribution in [1.29, 1.82) is 0 Å². The summed E-state index contributed by atoms with van der Waals surface area (Å²) in [5.41, 5.74) is 0. The van der Waals surface area contributed by atoms with Gasteiger partial charge in [-0.25, -0.2) is 5.09 Å². The average molecular weight is 291 g/mol. The van der Waals surface area contributed by atoms with Gasteiger partial charge >= 0.3 is 6.64 Å². The molecule has 1 aromatic heterocycles. The van der Waals surface area contributed by atoms with Crippen LogP contribution in [0.2, 0.25) is 10.0 Å². The highest BCUT2D eigenvalue weighted by Crippen LogP contribution is 2.40. The van der Waals surface area contributed by atoms with Gasteiger partial charge in [-0.3, -0.25) is 0 Å². The second kappa shape index (κ2) is 4.91. The number of pyridine rings is 1. The Morgan fingerprint density at radius 1 is 1.60 bits per heavy atom. The largest absolute Gasteiger partial charge is 0.413 e. The first-order valence-electron chi connectivity index (χ1n) is 3.58. The van der Waals surface area contributed by atoms with Gasteiger partial charge in [-0.15, -0.1) is 0 Å². The van der Waals surface area contributed by atoms with Crippen molar-refractivity contribution in [3.05, 3.63) is 22.1 Å². The van der Waals surface area contributed by atoms with Crippen molar-refractivity contribution in [3.8, 4) is 5.88 Å². The van der Waals surface area contributed by atoms with Crippen LogP contribution in [0, 0.1) is 5.95 Å². The highest BCUT2D eigenvalue weighted by Gasteiger charge is 2.17. The van der Waals surface area contributed by atoms with Crippen molar-refractivity contribution in [3.63, 3.8) is 0 Å². The van der Waals surface area contributed by atoms with E-state index in [-0.39, 0.29) is 15.9 Å². The monoisotopic (exact) mass is 290 g/mol. The summed E-state index contributed by atoms with van der Waals surface area (Å²) in [7, 11) is 1.40. The van der Waals surface area contributed by atoms with Crippen molar-refractivity contribution >= 4 is 41.7 Å². The van der Waals surface area contributed by atoms with E-state index < -0.39 is 12.6 Å². The molecule has 1 unspecified atom stereocenters. The maximum absolute atomic E-state index is 12.9. The molecule has 9 heteroatoms. The van der Waals surface area contributed by atoms with Gasteiger partial charge in [-0.1, -0.05) is 23.2 Å². The maximum atomic E-state index is 12.9. The highest BCUT2D eigenvalue weighted by molar-refractivity contribution is 8.08. The molecular formula is C6H6Cl2FN2O2PS. The van der Waals surface area contributed by atoms with E-state index in [0.29, 0.717) is 0 Å². The van der Waals surface area contributed by atoms with E-state index in [1.807, 2.05) is 0 Å². The van der Waals surface area contributed by atoms with Crippen molar-refractivity contribution in [2.75, 3.05) is 7.05 Å². The first-order valence-corrected chi connectivity index (χ1v) is 7.01. The highest BCUT2D eigenvalue weighted by atomic mass is 35.5. The van der Waals surface area contributed by atoms with Crippen LogP contribution in [0.3, 0.4) is 0 Å².